The van der Waals surface area contributed by atoms with E-state index < -0.39 is 0 Å². The first-order chi connectivity index (χ1) is 7.34. The number of anilines is 1. The molecule has 3 rings (SSSR count). The summed E-state index contributed by atoms with van der Waals surface area (Å²) in [5.74, 6) is 0.666. The van der Waals surface area contributed by atoms with Crippen LogP contribution in [0.15, 0.2) is 0 Å². The second-order valence-corrected chi connectivity index (χ2v) is 4.31. The van der Waals surface area contributed by atoms with Crippen LogP contribution in [-0.4, -0.2) is 34.4 Å². The van der Waals surface area contributed by atoms with Crippen molar-refractivity contribution in [3.63, 3.8) is 0 Å². The zero-order valence-electron chi connectivity index (χ0n) is 8.70. The van der Waals surface area contributed by atoms with Gasteiger partial charge < -0.3 is 10.5 Å². The van der Waals surface area contributed by atoms with Gasteiger partial charge in [-0.25, -0.2) is 0 Å². The topological polar surface area (TPSA) is 67.2 Å². The highest BCUT2D eigenvalue weighted by Gasteiger charge is 2.29. The Morgan fingerprint density at radius 1 is 1.33 bits per heavy atom. The fraction of sp³-hybridized carbons (Fsp3) is 0.700. The second kappa shape index (κ2) is 3.50. The van der Waals surface area contributed by atoms with E-state index in [-0.39, 0.29) is 0 Å². The Hall–Kier alpha value is -1.07. The number of rotatable bonds is 1. The molecular formula is C10H16N4O. The van der Waals surface area contributed by atoms with Gasteiger partial charge in [-0.1, -0.05) is 0 Å². The second-order valence-electron chi connectivity index (χ2n) is 4.31. The number of ether oxygens (including phenoxy) is 1. The monoisotopic (exact) mass is 208 g/mol. The molecule has 1 saturated heterocycles. The lowest BCUT2D eigenvalue weighted by molar-refractivity contribution is 0.0322. The number of nitrogens with one attached hydrogen (secondary N) is 1. The largest absolute Gasteiger partial charge is 0.382 e. The molecule has 3 heterocycles. The lowest BCUT2D eigenvalue weighted by Crippen LogP contribution is -2.36. The van der Waals surface area contributed by atoms with Crippen molar-refractivity contribution in [2.24, 2.45) is 0 Å². The summed E-state index contributed by atoms with van der Waals surface area (Å²) in [6.07, 6.45) is 2.27. The van der Waals surface area contributed by atoms with E-state index in [1.807, 2.05) is 0 Å². The SMILES string of the molecule is Nc1n[nH]c2c1CN(C1CCOCC1)C2. The Balaban J connectivity index is 1.72. The molecule has 3 N–H and O–H groups in total. The predicted octanol–water partition coefficient (Wildman–Crippen LogP) is 0.486. The third-order valence-corrected chi connectivity index (χ3v) is 3.41. The molecule has 0 bridgehead atoms. The zero-order chi connectivity index (χ0) is 10.3. The first-order valence-electron chi connectivity index (χ1n) is 5.48. The van der Waals surface area contributed by atoms with Crippen LogP contribution >= 0.6 is 0 Å². The minimum absolute atomic E-state index is 0.652. The Kier molecular flexibility index (Phi) is 2.14. The van der Waals surface area contributed by atoms with Crippen molar-refractivity contribution in [2.45, 2.75) is 32.0 Å². The van der Waals surface area contributed by atoms with Gasteiger partial charge in [-0.15, -0.1) is 0 Å². The quantitative estimate of drug-likeness (QED) is 0.704. The van der Waals surface area contributed by atoms with Crippen LogP contribution in [0.3, 0.4) is 0 Å². The van der Waals surface area contributed by atoms with Gasteiger partial charge in [0.15, 0.2) is 0 Å². The standard InChI is InChI=1S/C10H16N4O/c11-10-8-5-14(6-9(8)12-13-10)7-1-3-15-4-2-7/h7H,1-6H2,(H3,11,12,13). The van der Waals surface area contributed by atoms with Gasteiger partial charge in [-0.3, -0.25) is 10.00 Å². The lowest BCUT2D eigenvalue weighted by atomic mass is 10.1. The van der Waals surface area contributed by atoms with Crippen LogP contribution < -0.4 is 5.73 Å². The van der Waals surface area contributed by atoms with Crippen LogP contribution in [-0.2, 0) is 17.8 Å². The summed E-state index contributed by atoms with van der Waals surface area (Å²) in [5, 5.41) is 7.03. The van der Waals surface area contributed by atoms with Crippen molar-refractivity contribution < 1.29 is 4.74 Å². The smallest absolute Gasteiger partial charge is 0.150 e. The van der Waals surface area contributed by atoms with Crippen molar-refractivity contribution >= 4 is 5.82 Å². The molecule has 0 spiro atoms. The van der Waals surface area contributed by atoms with Crippen molar-refractivity contribution in [3.8, 4) is 0 Å². The number of H-pyrrole nitrogens is 1. The first-order valence-corrected chi connectivity index (χ1v) is 5.48. The van der Waals surface area contributed by atoms with Gasteiger partial charge in [0.25, 0.3) is 0 Å². The maximum atomic E-state index is 5.79. The summed E-state index contributed by atoms with van der Waals surface area (Å²) in [6.45, 7) is 3.69. The Morgan fingerprint density at radius 3 is 2.87 bits per heavy atom. The van der Waals surface area contributed by atoms with Crippen molar-refractivity contribution in [1.82, 2.24) is 15.1 Å². The fourth-order valence-corrected chi connectivity index (χ4v) is 2.50. The molecule has 82 valence electrons. The van der Waals surface area contributed by atoms with Crippen molar-refractivity contribution in [1.29, 1.82) is 0 Å². The highest BCUT2D eigenvalue weighted by atomic mass is 16.5. The number of nitrogen functional groups attached to an aromatic ring is 1. The molecule has 0 amide bonds. The number of hydrogen-bond donors (Lipinski definition) is 2. The number of fused-ring (bicyclic) bond motifs is 1. The third kappa shape index (κ3) is 1.52. The maximum Gasteiger partial charge on any atom is 0.150 e. The predicted molar refractivity (Wildman–Crippen MR) is 56.1 cm³/mol. The van der Waals surface area contributed by atoms with E-state index in [0.717, 1.165) is 39.1 Å². The summed E-state index contributed by atoms with van der Waals surface area (Å²) < 4.78 is 5.37. The van der Waals surface area contributed by atoms with Gasteiger partial charge in [0.1, 0.15) is 5.82 Å². The van der Waals surface area contributed by atoms with E-state index in [9.17, 15) is 0 Å². The molecule has 2 aliphatic rings. The summed E-state index contributed by atoms with van der Waals surface area (Å²) >= 11 is 0. The first kappa shape index (κ1) is 9.18. The van der Waals surface area contributed by atoms with E-state index in [2.05, 4.69) is 15.1 Å². The van der Waals surface area contributed by atoms with Crippen molar-refractivity contribution in [3.05, 3.63) is 11.3 Å². The molecule has 2 aliphatic heterocycles. The van der Waals surface area contributed by atoms with Crippen LogP contribution in [0.2, 0.25) is 0 Å². The molecule has 5 nitrogen and oxygen atoms in total. The van der Waals surface area contributed by atoms with Gasteiger partial charge in [0, 0.05) is 37.9 Å². The van der Waals surface area contributed by atoms with Gasteiger partial charge in [-0.2, -0.15) is 5.10 Å². The molecule has 0 saturated carbocycles. The van der Waals surface area contributed by atoms with Crippen molar-refractivity contribution in [2.75, 3.05) is 18.9 Å². The summed E-state index contributed by atoms with van der Waals surface area (Å²) in [7, 11) is 0. The summed E-state index contributed by atoms with van der Waals surface area (Å²) in [6, 6.07) is 0.652. The molecule has 5 heteroatoms. The van der Waals surface area contributed by atoms with Crippen LogP contribution in [0.1, 0.15) is 24.1 Å². The minimum atomic E-state index is 0.652. The van der Waals surface area contributed by atoms with E-state index in [1.165, 1.54) is 11.3 Å². The number of aromatic amines is 1. The molecule has 1 aromatic heterocycles. The summed E-state index contributed by atoms with van der Waals surface area (Å²) in [5.41, 5.74) is 8.18. The van der Waals surface area contributed by atoms with Gasteiger partial charge in [0.2, 0.25) is 0 Å². The maximum absolute atomic E-state index is 5.79. The van der Waals surface area contributed by atoms with Gasteiger partial charge in [0.05, 0.1) is 5.69 Å². The van der Waals surface area contributed by atoms with E-state index >= 15 is 0 Å². The third-order valence-electron chi connectivity index (χ3n) is 3.41. The number of aromatic nitrogens is 2. The normalized spacial score (nSPS) is 23.2. The molecule has 0 aliphatic carbocycles. The lowest BCUT2D eigenvalue weighted by Gasteiger charge is -2.30. The Morgan fingerprint density at radius 2 is 2.13 bits per heavy atom. The summed E-state index contributed by atoms with van der Waals surface area (Å²) in [4.78, 5) is 2.47. The highest BCUT2D eigenvalue weighted by Crippen LogP contribution is 2.29. The molecule has 0 radical (unpaired) electrons. The average molecular weight is 208 g/mol. The van der Waals surface area contributed by atoms with Crippen LogP contribution in [0, 0.1) is 0 Å². The molecule has 0 atom stereocenters. The van der Waals surface area contributed by atoms with Crippen LogP contribution in [0.5, 0.6) is 0 Å². The van der Waals surface area contributed by atoms with E-state index in [1.54, 1.807) is 0 Å². The molecule has 0 unspecified atom stereocenters. The zero-order valence-corrected chi connectivity index (χ0v) is 8.70. The number of hydrogen-bond acceptors (Lipinski definition) is 4. The Labute approximate surface area is 88.6 Å². The molecular weight excluding hydrogens is 192 g/mol. The van der Waals surface area contributed by atoms with Crippen LogP contribution in [0.4, 0.5) is 5.82 Å². The average Bonchev–Trinajstić information content (AvgIpc) is 2.83. The molecule has 15 heavy (non-hydrogen) atoms. The number of nitrogens with zero attached hydrogens (tertiary/aromatic N) is 2. The van der Waals surface area contributed by atoms with Gasteiger partial charge >= 0.3 is 0 Å². The minimum Gasteiger partial charge on any atom is -0.382 e. The number of nitrogens with two attached hydrogens (primary N) is 1. The van der Waals surface area contributed by atoms with E-state index in [4.69, 9.17) is 10.5 Å². The molecule has 0 aromatic carbocycles. The fourth-order valence-electron chi connectivity index (χ4n) is 2.50. The molecule has 1 aromatic rings. The Bertz CT molecular complexity index is 356. The van der Waals surface area contributed by atoms with Crippen LogP contribution in [0.25, 0.3) is 0 Å². The molecule has 1 fully saturated rings. The van der Waals surface area contributed by atoms with Gasteiger partial charge in [-0.05, 0) is 12.8 Å². The highest BCUT2D eigenvalue weighted by molar-refractivity contribution is 5.43. The van der Waals surface area contributed by atoms with E-state index in [0.29, 0.717) is 11.9 Å².